The smallest absolute Gasteiger partial charge is 0.358 e. The van der Waals surface area contributed by atoms with Gasteiger partial charge >= 0.3 is 5.97 Å². The number of carbonyl (C=O) groups is 1. The number of nitro groups is 1. The Morgan fingerprint density at radius 3 is 2.72 bits per heavy atom. The van der Waals surface area contributed by atoms with Gasteiger partial charge in [-0.2, -0.15) is 0 Å². The molecule has 0 radical (unpaired) electrons. The van der Waals surface area contributed by atoms with E-state index < -0.39 is 39.4 Å². The van der Waals surface area contributed by atoms with Crippen molar-refractivity contribution in [3.63, 3.8) is 0 Å². The van der Waals surface area contributed by atoms with E-state index in [0.29, 0.717) is 6.07 Å². The minimum Gasteiger partial charge on any atom is -0.461 e. The maximum Gasteiger partial charge on any atom is 0.358 e. The second kappa shape index (κ2) is 5.67. The lowest BCUT2D eigenvalue weighted by atomic mass is 10.2. The van der Waals surface area contributed by atoms with Crippen LogP contribution < -0.4 is 0 Å². The zero-order chi connectivity index (χ0) is 13.9. The monoisotopic (exact) mass is 280 g/mol. The van der Waals surface area contributed by atoms with E-state index in [9.17, 15) is 23.7 Å². The van der Waals surface area contributed by atoms with Crippen LogP contribution in [0.15, 0.2) is 6.07 Å². The van der Waals surface area contributed by atoms with Crippen molar-refractivity contribution in [3.05, 3.63) is 32.6 Å². The van der Waals surface area contributed by atoms with Gasteiger partial charge in [-0.3, -0.25) is 10.1 Å². The Hall–Kier alpha value is -1.83. The Labute approximate surface area is 105 Å². The standard InChI is InChI=1S/C9H7ClF2N2O4/c1-2-18-9(15)7-6(10)5(14(16)17)3-4(13-7)8(11)12/h3,8H,2H2,1H3. The lowest BCUT2D eigenvalue weighted by molar-refractivity contribution is -0.384. The first-order valence-corrected chi connectivity index (χ1v) is 5.06. The number of pyridine rings is 1. The molecule has 0 aliphatic carbocycles. The normalized spacial score (nSPS) is 10.5. The van der Waals surface area contributed by atoms with Gasteiger partial charge in [-0.05, 0) is 6.92 Å². The first-order chi connectivity index (χ1) is 8.38. The number of carbonyl (C=O) groups excluding carboxylic acids is 1. The highest BCUT2D eigenvalue weighted by Gasteiger charge is 2.27. The predicted octanol–water partition coefficient (Wildman–Crippen LogP) is 2.76. The largest absolute Gasteiger partial charge is 0.461 e. The molecule has 6 nitrogen and oxygen atoms in total. The molecule has 0 aromatic carbocycles. The summed E-state index contributed by atoms with van der Waals surface area (Å²) in [5.74, 6) is -1.09. The molecule has 0 fully saturated rings. The van der Waals surface area contributed by atoms with Crippen molar-refractivity contribution in [2.45, 2.75) is 13.3 Å². The third-order valence-electron chi connectivity index (χ3n) is 1.85. The Kier molecular flexibility index (Phi) is 4.49. The van der Waals surface area contributed by atoms with E-state index in [2.05, 4.69) is 9.72 Å². The average molecular weight is 281 g/mol. The van der Waals surface area contributed by atoms with Crippen LogP contribution in [0.2, 0.25) is 5.02 Å². The van der Waals surface area contributed by atoms with Crippen LogP contribution in [0.4, 0.5) is 14.5 Å². The Bertz CT molecular complexity index is 496. The second-order valence-electron chi connectivity index (χ2n) is 3.01. The van der Waals surface area contributed by atoms with E-state index in [1.165, 1.54) is 6.92 Å². The minimum absolute atomic E-state index is 0.0381. The number of nitrogens with zero attached hydrogens (tertiary/aromatic N) is 2. The molecule has 1 heterocycles. The molecule has 0 saturated heterocycles. The molecule has 1 aromatic heterocycles. The second-order valence-corrected chi connectivity index (χ2v) is 3.39. The zero-order valence-corrected chi connectivity index (χ0v) is 9.78. The van der Waals surface area contributed by atoms with Crippen molar-refractivity contribution < 1.29 is 23.2 Å². The summed E-state index contributed by atoms with van der Waals surface area (Å²) < 4.78 is 29.5. The molecular formula is C9H7ClF2N2O4. The first kappa shape index (κ1) is 14.2. The van der Waals surface area contributed by atoms with Crippen molar-refractivity contribution in [2.24, 2.45) is 0 Å². The van der Waals surface area contributed by atoms with Crippen LogP contribution in [0.3, 0.4) is 0 Å². The van der Waals surface area contributed by atoms with E-state index in [0.717, 1.165) is 0 Å². The van der Waals surface area contributed by atoms with Crippen LogP contribution in [-0.4, -0.2) is 22.5 Å². The molecule has 0 saturated carbocycles. The summed E-state index contributed by atoms with van der Waals surface area (Å²) in [6.07, 6.45) is -3.06. The van der Waals surface area contributed by atoms with E-state index in [1.54, 1.807) is 0 Å². The van der Waals surface area contributed by atoms with Gasteiger partial charge in [0.1, 0.15) is 5.69 Å². The number of hydrogen-bond acceptors (Lipinski definition) is 5. The molecule has 98 valence electrons. The lowest BCUT2D eigenvalue weighted by Gasteiger charge is -2.06. The molecule has 0 atom stereocenters. The average Bonchev–Trinajstić information content (AvgIpc) is 2.28. The molecule has 1 aromatic rings. The molecule has 0 aliphatic rings. The fourth-order valence-corrected chi connectivity index (χ4v) is 1.36. The van der Waals surface area contributed by atoms with E-state index in [-0.39, 0.29) is 6.61 Å². The molecule has 0 bridgehead atoms. The van der Waals surface area contributed by atoms with Crippen molar-refractivity contribution in [1.29, 1.82) is 0 Å². The van der Waals surface area contributed by atoms with Gasteiger partial charge in [-0.1, -0.05) is 11.6 Å². The van der Waals surface area contributed by atoms with Crippen LogP contribution >= 0.6 is 11.6 Å². The highest BCUT2D eigenvalue weighted by molar-refractivity contribution is 6.35. The summed E-state index contributed by atoms with van der Waals surface area (Å²) in [6, 6.07) is 0.524. The number of halogens is 3. The lowest BCUT2D eigenvalue weighted by Crippen LogP contribution is -2.11. The number of rotatable bonds is 4. The minimum atomic E-state index is -3.06. The summed E-state index contributed by atoms with van der Waals surface area (Å²) in [7, 11) is 0. The summed E-state index contributed by atoms with van der Waals surface area (Å²) in [6.45, 7) is 1.45. The summed E-state index contributed by atoms with van der Waals surface area (Å²) >= 11 is 5.56. The summed E-state index contributed by atoms with van der Waals surface area (Å²) in [4.78, 5) is 24.3. The van der Waals surface area contributed by atoms with Gasteiger partial charge in [0, 0.05) is 6.07 Å². The topological polar surface area (TPSA) is 82.3 Å². The molecule has 0 spiro atoms. The molecule has 9 heteroatoms. The maximum atomic E-state index is 12.5. The van der Waals surface area contributed by atoms with Gasteiger partial charge in [0.25, 0.3) is 12.1 Å². The highest BCUT2D eigenvalue weighted by Crippen LogP contribution is 2.31. The zero-order valence-electron chi connectivity index (χ0n) is 9.02. The summed E-state index contributed by atoms with van der Waals surface area (Å²) in [5.41, 5.74) is -2.41. The van der Waals surface area contributed by atoms with Gasteiger partial charge < -0.3 is 4.74 Å². The van der Waals surface area contributed by atoms with Crippen molar-refractivity contribution in [3.8, 4) is 0 Å². The Morgan fingerprint density at radius 1 is 1.67 bits per heavy atom. The Morgan fingerprint density at radius 2 is 2.28 bits per heavy atom. The SMILES string of the molecule is CCOC(=O)c1nc(C(F)F)cc([N+](=O)[O-])c1Cl. The van der Waals surface area contributed by atoms with Crippen molar-refractivity contribution >= 4 is 23.3 Å². The molecule has 1 rings (SSSR count). The highest BCUT2D eigenvalue weighted by atomic mass is 35.5. The maximum absolute atomic E-state index is 12.5. The predicted molar refractivity (Wildman–Crippen MR) is 56.8 cm³/mol. The van der Waals surface area contributed by atoms with Gasteiger partial charge in [-0.15, -0.1) is 0 Å². The van der Waals surface area contributed by atoms with E-state index in [4.69, 9.17) is 11.6 Å². The van der Waals surface area contributed by atoms with E-state index >= 15 is 0 Å². The molecule has 0 unspecified atom stereocenters. The quantitative estimate of drug-likeness (QED) is 0.481. The Balaban J connectivity index is 3.40. The van der Waals surface area contributed by atoms with Crippen LogP contribution in [0, 0.1) is 10.1 Å². The number of hydrogen-bond donors (Lipinski definition) is 0. The van der Waals surface area contributed by atoms with Crippen LogP contribution in [0.5, 0.6) is 0 Å². The fourth-order valence-electron chi connectivity index (χ4n) is 1.11. The first-order valence-electron chi connectivity index (χ1n) is 4.68. The van der Waals surface area contributed by atoms with Gasteiger partial charge in [0.05, 0.1) is 11.5 Å². The number of aromatic nitrogens is 1. The molecule has 0 N–H and O–H groups in total. The summed E-state index contributed by atoms with van der Waals surface area (Å²) in [5, 5.41) is 10.0. The fraction of sp³-hybridized carbons (Fsp3) is 0.333. The van der Waals surface area contributed by atoms with Crippen LogP contribution in [0.25, 0.3) is 0 Å². The number of esters is 1. The van der Waals surface area contributed by atoms with Gasteiger partial charge in [0.2, 0.25) is 0 Å². The molecule has 18 heavy (non-hydrogen) atoms. The van der Waals surface area contributed by atoms with E-state index in [1.807, 2.05) is 0 Å². The van der Waals surface area contributed by atoms with Crippen LogP contribution in [-0.2, 0) is 4.74 Å². The van der Waals surface area contributed by atoms with Gasteiger partial charge in [0.15, 0.2) is 10.7 Å². The van der Waals surface area contributed by atoms with Crippen molar-refractivity contribution in [2.75, 3.05) is 6.61 Å². The molecular weight excluding hydrogens is 274 g/mol. The van der Waals surface area contributed by atoms with Crippen LogP contribution in [0.1, 0.15) is 29.5 Å². The third-order valence-corrected chi connectivity index (χ3v) is 2.22. The third kappa shape index (κ3) is 2.89. The molecule has 0 aliphatic heterocycles. The van der Waals surface area contributed by atoms with Crippen molar-refractivity contribution in [1.82, 2.24) is 4.98 Å². The molecule has 0 amide bonds. The van der Waals surface area contributed by atoms with Gasteiger partial charge in [-0.25, -0.2) is 18.6 Å². The number of alkyl halides is 2. The number of ether oxygens (including phenoxy) is 1.